The summed E-state index contributed by atoms with van der Waals surface area (Å²) in [6.45, 7) is 15.6. The van der Waals surface area contributed by atoms with Crippen molar-refractivity contribution >= 4 is 0 Å². The number of likely N-dealkylation sites (tertiary alicyclic amines) is 1. The fraction of sp³-hybridized carbons (Fsp3) is 0.714. The summed E-state index contributed by atoms with van der Waals surface area (Å²) in [5.74, 6) is 0.979. The fourth-order valence-electron chi connectivity index (χ4n) is 3.43. The van der Waals surface area contributed by atoms with Crippen LogP contribution in [0.25, 0.3) is 0 Å². The molecule has 2 rings (SSSR count). The summed E-state index contributed by atoms with van der Waals surface area (Å²) in [6, 6.07) is 8.97. The van der Waals surface area contributed by atoms with Crippen LogP contribution in [-0.2, 0) is 0 Å². The van der Waals surface area contributed by atoms with E-state index < -0.39 is 0 Å². The van der Waals surface area contributed by atoms with Crippen molar-refractivity contribution in [2.75, 3.05) is 52.4 Å². The summed E-state index contributed by atoms with van der Waals surface area (Å²) in [5, 5.41) is 3.63. The summed E-state index contributed by atoms with van der Waals surface area (Å²) in [5.41, 5.74) is 1.33. The number of hydrogen-bond acceptors (Lipinski definition) is 4. The summed E-state index contributed by atoms with van der Waals surface area (Å²) < 4.78 is 5.88. The molecule has 0 radical (unpaired) electrons. The molecule has 1 aromatic rings. The number of nitrogens with one attached hydrogen (secondary N) is 1. The lowest BCUT2D eigenvalue weighted by Gasteiger charge is -2.19. The predicted molar refractivity (Wildman–Crippen MR) is 106 cm³/mol. The number of nitrogens with zero attached hydrogens (tertiary/aromatic N) is 2. The SMILES string of the molecule is CCN(CC)CCCOc1ccc(C(C)NCCN2CCCC2)cc1. The van der Waals surface area contributed by atoms with E-state index in [1.165, 1.54) is 31.5 Å². The van der Waals surface area contributed by atoms with Crippen LogP contribution >= 0.6 is 0 Å². The fourth-order valence-corrected chi connectivity index (χ4v) is 3.43. The van der Waals surface area contributed by atoms with Crippen LogP contribution in [0.15, 0.2) is 24.3 Å². The van der Waals surface area contributed by atoms with Gasteiger partial charge in [-0.25, -0.2) is 0 Å². The van der Waals surface area contributed by atoms with Crippen LogP contribution < -0.4 is 10.1 Å². The van der Waals surface area contributed by atoms with E-state index in [0.717, 1.165) is 51.5 Å². The molecule has 0 saturated carbocycles. The van der Waals surface area contributed by atoms with Gasteiger partial charge < -0.3 is 19.9 Å². The molecule has 1 saturated heterocycles. The Morgan fingerprint density at radius 2 is 1.80 bits per heavy atom. The van der Waals surface area contributed by atoms with Crippen LogP contribution in [0.4, 0.5) is 0 Å². The van der Waals surface area contributed by atoms with Crippen LogP contribution in [0.3, 0.4) is 0 Å². The molecule has 1 aliphatic heterocycles. The van der Waals surface area contributed by atoms with Crippen LogP contribution in [0.5, 0.6) is 5.75 Å². The maximum absolute atomic E-state index is 5.88. The van der Waals surface area contributed by atoms with Crippen LogP contribution in [0.1, 0.15) is 51.6 Å². The van der Waals surface area contributed by atoms with E-state index in [4.69, 9.17) is 4.74 Å². The first-order valence-corrected chi connectivity index (χ1v) is 10.1. The Morgan fingerprint density at radius 1 is 1.12 bits per heavy atom. The van der Waals surface area contributed by atoms with Gasteiger partial charge in [-0.1, -0.05) is 26.0 Å². The second kappa shape index (κ2) is 11.5. The standard InChI is InChI=1S/C21H37N3O/c1-4-23(5-2)16-8-18-25-21-11-9-20(10-12-21)19(3)22-13-17-24-14-6-7-15-24/h9-12,19,22H,4-8,13-18H2,1-3H3. The van der Waals surface area contributed by atoms with Gasteiger partial charge in [0.2, 0.25) is 0 Å². The van der Waals surface area contributed by atoms with Gasteiger partial charge in [0.1, 0.15) is 5.75 Å². The van der Waals surface area contributed by atoms with E-state index in [-0.39, 0.29) is 0 Å². The molecular formula is C21H37N3O. The van der Waals surface area contributed by atoms with Crippen molar-refractivity contribution in [2.24, 2.45) is 0 Å². The topological polar surface area (TPSA) is 27.7 Å². The second-order valence-corrected chi connectivity index (χ2v) is 7.02. The minimum atomic E-state index is 0.388. The third kappa shape index (κ3) is 7.35. The highest BCUT2D eigenvalue weighted by Crippen LogP contribution is 2.18. The van der Waals surface area contributed by atoms with E-state index in [1.54, 1.807) is 0 Å². The van der Waals surface area contributed by atoms with Gasteiger partial charge in [-0.3, -0.25) is 0 Å². The van der Waals surface area contributed by atoms with Crippen molar-refractivity contribution in [3.8, 4) is 5.75 Å². The Hall–Kier alpha value is -1.10. The normalized spacial score (nSPS) is 16.5. The maximum atomic E-state index is 5.88. The molecule has 0 spiro atoms. The Bertz CT molecular complexity index is 453. The van der Waals surface area contributed by atoms with E-state index >= 15 is 0 Å². The summed E-state index contributed by atoms with van der Waals surface area (Å²) in [4.78, 5) is 4.98. The van der Waals surface area contributed by atoms with Crippen molar-refractivity contribution in [1.29, 1.82) is 0 Å². The van der Waals surface area contributed by atoms with Gasteiger partial charge in [0.15, 0.2) is 0 Å². The lowest BCUT2D eigenvalue weighted by atomic mass is 10.1. The molecule has 4 nitrogen and oxygen atoms in total. The first-order chi connectivity index (χ1) is 12.2. The van der Waals surface area contributed by atoms with Gasteiger partial charge in [0, 0.05) is 25.7 Å². The zero-order chi connectivity index (χ0) is 17.9. The number of ether oxygens (including phenoxy) is 1. The van der Waals surface area contributed by atoms with E-state index in [1.807, 2.05) is 0 Å². The van der Waals surface area contributed by atoms with Gasteiger partial charge in [0.25, 0.3) is 0 Å². The molecule has 25 heavy (non-hydrogen) atoms. The quantitative estimate of drug-likeness (QED) is 0.585. The Balaban J connectivity index is 1.64. The summed E-state index contributed by atoms with van der Waals surface area (Å²) in [6.07, 6.45) is 3.82. The van der Waals surface area contributed by atoms with Crippen LogP contribution in [-0.4, -0.2) is 62.2 Å². The zero-order valence-electron chi connectivity index (χ0n) is 16.5. The smallest absolute Gasteiger partial charge is 0.119 e. The monoisotopic (exact) mass is 347 g/mol. The lowest BCUT2D eigenvalue weighted by Crippen LogP contribution is -2.31. The predicted octanol–water partition coefficient (Wildman–Crippen LogP) is 3.54. The lowest BCUT2D eigenvalue weighted by molar-refractivity contribution is 0.249. The van der Waals surface area contributed by atoms with Gasteiger partial charge in [-0.05, 0) is 70.1 Å². The minimum Gasteiger partial charge on any atom is -0.494 e. The molecule has 0 aliphatic carbocycles. The molecule has 0 bridgehead atoms. The molecule has 1 atom stereocenters. The van der Waals surface area contributed by atoms with Gasteiger partial charge in [-0.15, -0.1) is 0 Å². The third-order valence-corrected chi connectivity index (χ3v) is 5.24. The van der Waals surface area contributed by atoms with Crippen molar-refractivity contribution in [1.82, 2.24) is 15.1 Å². The molecule has 0 aromatic heterocycles. The van der Waals surface area contributed by atoms with Crippen molar-refractivity contribution in [2.45, 2.75) is 46.1 Å². The molecule has 1 fully saturated rings. The van der Waals surface area contributed by atoms with Gasteiger partial charge in [-0.2, -0.15) is 0 Å². The van der Waals surface area contributed by atoms with E-state index in [2.05, 4.69) is 60.2 Å². The minimum absolute atomic E-state index is 0.388. The molecule has 1 N–H and O–H groups in total. The highest BCUT2D eigenvalue weighted by atomic mass is 16.5. The van der Waals surface area contributed by atoms with E-state index in [0.29, 0.717) is 6.04 Å². The van der Waals surface area contributed by atoms with Crippen LogP contribution in [0.2, 0.25) is 0 Å². The first-order valence-electron chi connectivity index (χ1n) is 10.1. The summed E-state index contributed by atoms with van der Waals surface area (Å²) >= 11 is 0. The summed E-state index contributed by atoms with van der Waals surface area (Å²) in [7, 11) is 0. The highest BCUT2D eigenvalue weighted by molar-refractivity contribution is 5.28. The Labute approximate surface area is 154 Å². The highest BCUT2D eigenvalue weighted by Gasteiger charge is 2.11. The third-order valence-electron chi connectivity index (χ3n) is 5.24. The number of benzene rings is 1. The molecule has 142 valence electrons. The van der Waals surface area contributed by atoms with Gasteiger partial charge >= 0.3 is 0 Å². The molecule has 1 aliphatic rings. The maximum Gasteiger partial charge on any atom is 0.119 e. The van der Waals surface area contributed by atoms with Crippen LogP contribution in [0, 0.1) is 0 Å². The van der Waals surface area contributed by atoms with Crippen molar-refractivity contribution in [3.05, 3.63) is 29.8 Å². The van der Waals surface area contributed by atoms with Gasteiger partial charge in [0.05, 0.1) is 6.61 Å². The largest absolute Gasteiger partial charge is 0.494 e. The molecule has 1 heterocycles. The molecule has 1 unspecified atom stereocenters. The van der Waals surface area contributed by atoms with Crippen molar-refractivity contribution < 1.29 is 4.74 Å². The first kappa shape index (κ1) is 20.2. The molecule has 1 aromatic carbocycles. The Kier molecular flexibility index (Phi) is 9.30. The molecular weight excluding hydrogens is 310 g/mol. The second-order valence-electron chi connectivity index (χ2n) is 7.02. The Morgan fingerprint density at radius 3 is 2.44 bits per heavy atom. The van der Waals surface area contributed by atoms with E-state index in [9.17, 15) is 0 Å². The number of rotatable bonds is 12. The average molecular weight is 348 g/mol. The molecule has 4 heteroatoms. The molecule has 0 amide bonds. The number of hydrogen-bond donors (Lipinski definition) is 1. The average Bonchev–Trinajstić information content (AvgIpc) is 3.16. The zero-order valence-corrected chi connectivity index (χ0v) is 16.5. The van der Waals surface area contributed by atoms with Crippen molar-refractivity contribution in [3.63, 3.8) is 0 Å².